The molecule has 0 saturated carbocycles. The van der Waals surface area contributed by atoms with Gasteiger partial charge in [-0.15, -0.1) is 0 Å². The molecule has 0 radical (unpaired) electrons. The lowest BCUT2D eigenvalue weighted by Crippen LogP contribution is -2.26. The molecule has 4 nitrogen and oxygen atoms in total. The first kappa shape index (κ1) is 17.5. The highest BCUT2D eigenvalue weighted by molar-refractivity contribution is 8.00. The van der Waals surface area contributed by atoms with Crippen LogP contribution in [0.2, 0.25) is 0 Å². The molecule has 1 amide bonds. The Morgan fingerprint density at radius 3 is 2.64 bits per heavy atom. The number of nitriles is 1. The number of fused-ring (bicyclic) bond motifs is 1. The molecule has 0 fully saturated rings. The highest BCUT2D eigenvalue weighted by atomic mass is 32.2. The van der Waals surface area contributed by atoms with Crippen LogP contribution in [-0.4, -0.2) is 29.9 Å². The number of likely N-dealkylation sites (N-methyl/N-ethyl adjacent to an activating group) is 1. The van der Waals surface area contributed by atoms with Gasteiger partial charge in [-0.05, 0) is 42.9 Å². The number of carbonyl (C=O) groups excluding carboxylic acids is 1. The number of amides is 1. The number of aryl methyl sites for hydroxylation is 1. The fraction of sp³-hybridized carbons (Fsp3) is 0.350. The van der Waals surface area contributed by atoms with Crippen molar-refractivity contribution in [3.63, 3.8) is 0 Å². The zero-order valence-corrected chi connectivity index (χ0v) is 15.6. The molecule has 128 valence electrons. The second-order valence-corrected chi connectivity index (χ2v) is 7.54. The molecule has 1 aliphatic carbocycles. The van der Waals surface area contributed by atoms with Gasteiger partial charge in [0.2, 0.25) is 5.91 Å². The quantitative estimate of drug-likeness (QED) is 0.789. The van der Waals surface area contributed by atoms with Crippen LogP contribution in [0.1, 0.15) is 39.6 Å². The summed E-state index contributed by atoms with van der Waals surface area (Å²) in [6.45, 7) is 2.00. The van der Waals surface area contributed by atoms with Crippen molar-refractivity contribution in [2.24, 2.45) is 0 Å². The molecule has 1 aromatic heterocycles. The summed E-state index contributed by atoms with van der Waals surface area (Å²) < 4.78 is 0. The lowest BCUT2D eigenvalue weighted by Gasteiger charge is -2.21. The van der Waals surface area contributed by atoms with Crippen LogP contribution < -0.4 is 0 Å². The largest absolute Gasteiger partial charge is 0.348 e. The molecule has 1 atom stereocenters. The number of hydrogen-bond acceptors (Lipinski definition) is 4. The Hall–Kier alpha value is -2.32. The molecule has 1 aromatic carbocycles. The van der Waals surface area contributed by atoms with Crippen molar-refractivity contribution >= 4 is 17.7 Å². The van der Waals surface area contributed by atoms with Crippen molar-refractivity contribution in [3.8, 4) is 6.07 Å². The van der Waals surface area contributed by atoms with Gasteiger partial charge in [-0.2, -0.15) is 5.26 Å². The third-order valence-electron chi connectivity index (χ3n) is 4.58. The van der Waals surface area contributed by atoms with Gasteiger partial charge in [-0.3, -0.25) is 4.79 Å². The molecule has 1 heterocycles. The molecule has 0 aliphatic heterocycles. The summed E-state index contributed by atoms with van der Waals surface area (Å²) in [5, 5.41) is 9.93. The van der Waals surface area contributed by atoms with E-state index in [4.69, 9.17) is 4.98 Å². The molecule has 25 heavy (non-hydrogen) atoms. The summed E-state index contributed by atoms with van der Waals surface area (Å²) in [5.41, 5.74) is 4.86. The monoisotopic (exact) mass is 351 g/mol. The SMILES string of the molecule is Cc1c(C#N)c(S[C@H](C(=O)N(C)C)c2ccccc2)nc2c1CCC2. The predicted molar refractivity (Wildman–Crippen MR) is 99.4 cm³/mol. The topological polar surface area (TPSA) is 57.0 Å². The molecule has 0 saturated heterocycles. The molecule has 0 N–H and O–H groups in total. The first-order valence-electron chi connectivity index (χ1n) is 8.38. The number of aromatic nitrogens is 1. The number of benzene rings is 1. The van der Waals surface area contributed by atoms with Crippen LogP contribution in [0.4, 0.5) is 0 Å². The van der Waals surface area contributed by atoms with Crippen molar-refractivity contribution in [1.82, 2.24) is 9.88 Å². The van der Waals surface area contributed by atoms with Gasteiger partial charge in [0.15, 0.2) is 0 Å². The van der Waals surface area contributed by atoms with Gasteiger partial charge in [-0.25, -0.2) is 4.98 Å². The number of thioether (sulfide) groups is 1. The van der Waals surface area contributed by atoms with E-state index in [0.717, 1.165) is 36.1 Å². The normalized spacial score (nSPS) is 13.8. The van der Waals surface area contributed by atoms with Gasteiger partial charge in [0.25, 0.3) is 0 Å². The fourth-order valence-electron chi connectivity index (χ4n) is 3.20. The van der Waals surface area contributed by atoms with E-state index in [-0.39, 0.29) is 5.91 Å². The van der Waals surface area contributed by atoms with Crippen LogP contribution >= 0.6 is 11.8 Å². The summed E-state index contributed by atoms with van der Waals surface area (Å²) in [4.78, 5) is 19.1. The average Bonchev–Trinajstić information content (AvgIpc) is 3.08. The number of hydrogen-bond donors (Lipinski definition) is 0. The molecular weight excluding hydrogens is 330 g/mol. The summed E-state index contributed by atoms with van der Waals surface area (Å²) >= 11 is 1.38. The Bertz CT molecular complexity index is 840. The first-order valence-corrected chi connectivity index (χ1v) is 9.26. The Labute approximate surface area is 152 Å². The summed E-state index contributed by atoms with van der Waals surface area (Å²) in [5.74, 6) is 0.0000383. The zero-order chi connectivity index (χ0) is 18.0. The van der Waals surface area contributed by atoms with Crippen LogP contribution in [0.15, 0.2) is 35.4 Å². The van der Waals surface area contributed by atoms with E-state index in [1.807, 2.05) is 37.3 Å². The van der Waals surface area contributed by atoms with Crippen molar-refractivity contribution < 1.29 is 4.79 Å². The second kappa shape index (κ2) is 7.28. The van der Waals surface area contributed by atoms with E-state index >= 15 is 0 Å². The van der Waals surface area contributed by atoms with E-state index in [2.05, 4.69) is 6.07 Å². The maximum Gasteiger partial charge on any atom is 0.240 e. The smallest absolute Gasteiger partial charge is 0.240 e. The highest BCUT2D eigenvalue weighted by Crippen LogP contribution is 2.39. The molecule has 0 bridgehead atoms. The van der Waals surface area contributed by atoms with Crippen molar-refractivity contribution in [1.29, 1.82) is 5.26 Å². The minimum Gasteiger partial charge on any atom is -0.348 e. The Morgan fingerprint density at radius 1 is 1.28 bits per heavy atom. The van der Waals surface area contributed by atoms with Crippen LogP contribution in [0.5, 0.6) is 0 Å². The average molecular weight is 351 g/mol. The van der Waals surface area contributed by atoms with Crippen LogP contribution in [0.3, 0.4) is 0 Å². The highest BCUT2D eigenvalue weighted by Gasteiger charge is 2.28. The van der Waals surface area contributed by atoms with Gasteiger partial charge in [0.1, 0.15) is 16.3 Å². The van der Waals surface area contributed by atoms with E-state index in [9.17, 15) is 10.1 Å². The van der Waals surface area contributed by atoms with Crippen molar-refractivity contribution in [2.75, 3.05) is 14.1 Å². The molecule has 2 aromatic rings. The molecule has 3 rings (SSSR count). The van der Waals surface area contributed by atoms with Gasteiger partial charge >= 0.3 is 0 Å². The third-order valence-corrected chi connectivity index (χ3v) is 5.80. The predicted octanol–water partition coefficient (Wildman–Crippen LogP) is 3.67. The molecule has 1 aliphatic rings. The van der Waals surface area contributed by atoms with E-state index in [1.165, 1.54) is 17.3 Å². The first-order chi connectivity index (χ1) is 12.0. The zero-order valence-electron chi connectivity index (χ0n) is 14.7. The van der Waals surface area contributed by atoms with Crippen molar-refractivity contribution in [3.05, 3.63) is 58.3 Å². The van der Waals surface area contributed by atoms with Gasteiger partial charge in [-0.1, -0.05) is 42.1 Å². The standard InChI is InChI=1S/C20H21N3OS/c1-13-15-10-7-11-17(15)22-19(16(13)12-21)25-18(20(24)23(2)3)14-8-5-4-6-9-14/h4-6,8-9,18H,7,10-11H2,1-3H3/t18-/m0/s1. The third kappa shape index (κ3) is 3.40. The van der Waals surface area contributed by atoms with E-state index in [1.54, 1.807) is 19.0 Å². The second-order valence-electron chi connectivity index (χ2n) is 6.45. The van der Waals surface area contributed by atoms with Crippen LogP contribution in [0.25, 0.3) is 0 Å². The van der Waals surface area contributed by atoms with Crippen LogP contribution in [0, 0.1) is 18.3 Å². The minimum absolute atomic E-state index is 0.0000383. The number of carbonyl (C=O) groups is 1. The Kier molecular flexibility index (Phi) is 5.10. The minimum atomic E-state index is -0.408. The van der Waals surface area contributed by atoms with Gasteiger partial charge < -0.3 is 4.90 Å². The summed E-state index contributed by atoms with van der Waals surface area (Å²) in [6.07, 6.45) is 3.03. The van der Waals surface area contributed by atoms with Crippen LogP contribution in [-0.2, 0) is 17.6 Å². The van der Waals surface area contributed by atoms with Crippen molar-refractivity contribution in [2.45, 2.75) is 36.5 Å². The van der Waals surface area contributed by atoms with E-state index in [0.29, 0.717) is 10.6 Å². The lowest BCUT2D eigenvalue weighted by molar-refractivity contribution is -0.128. The van der Waals surface area contributed by atoms with E-state index < -0.39 is 5.25 Å². The lowest BCUT2D eigenvalue weighted by atomic mass is 10.0. The molecule has 5 heteroatoms. The number of nitrogens with zero attached hydrogens (tertiary/aromatic N) is 3. The summed E-state index contributed by atoms with van der Waals surface area (Å²) in [6, 6.07) is 12.0. The van der Waals surface area contributed by atoms with Gasteiger partial charge in [0.05, 0.1) is 5.56 Å². The summed E-state index contributed by atoms with van der Waals surface area (Å²) in [7, 11) is 3.51. The number of pyridine rings is 1. The molecule has 0 spiro atoms. The molecular formula is C20H21N3OS. The maximum absolute atomic E-state index is 12.8. The van der Waals surface area contributed by atoms with Gasteiger partial charge in [0, 0.05) is 19.8 Å². The number of rotatable bonds is 4. The fourth-order valence-corrected chi connectivity index (χ4v) is 4.50. The molecule has 0 unspecified atom stereocenters. The Morgan fingerprint density at radius 2 is 2.00 bits per heavy atom. The Balaban J connectivity index is 2.05. The maximum atomic E-state index is 12.8.